The Kier molecular flexibility index (Phi) is 5.26. The Morgan fingerprint density at radius 3 is 2.95 bits per heavy atom. The maximum Gasteiger partial charge on any atom is 0.250 e. The Morgan fingerprint density at radius 2 is 2.26 bits per heavy atom. The third-order valence-corrected chi connectivity index (χ3v) is 2.67. The van der Waals surface area contributed by atoms with Gasteiger partial charge in [-0.3, -0.25) is 4.79 Å². The molecule has 1 aromatic carbocycles. The number of hydrogen-bond donors (Lipinski definition) is 2. The predicted octanol–water partition coefficient (Wildman–Crippen LogP) is 0.769. The summed E-state index contributed by atoms with van der Waals surface area (Å²) in [7, 11) is 0. The Labute approximate surface area is 111 Å². The molecular formula is C13H17FN2O3. The maximum atomic E-state index is 12.7. The van der Waals surface area contributed by atoms with Crippen LogP contribution in [0.15, 0.2) is 24.3 Å². The molecule has 0 aliphatic carbocycles. The largest absolute Gasteiger partial charge is 0.373 e. The number of ether oxygens (including phenoxy) is 2. The molecule has 0 saturated carbocycles. The van der Waals surface area contributed by atoms with Gasteiger partial charge in [0.15, 0.2) is 0 Å². The van der Waals surface area contributed by atoms with Crippen molar-refractivity contribution in [1.29, 1.82) is 0 Å². The van der Waals surface area contributed by atoms with Gasteiger partial charge in [0.2, 0.25) is 5.91 Å². The summed E-state index contributed by atoms with van der Waals surface area (Å²) in [5, 5.41) is 5.80. The van der Waals surface area contributed by atoms with E-state index in [0.29, 0.717) is 18.9 Å². The second-order valence-electron chi connectivity index (χ2n) is 4.27. The van der Waals surface area contributed by atoms with Crippen molar-refractivity contribution in [2.45, 2.75) is 6.10 Å². The van der Waals surface area contributed by atoms with Crippen molar-refractivity contribution >= 4 is 11.6 Å². The van der Waals surface area contributed by atoms with Gasteiger partial charge < -0.3 is 20.1 Å². The van der Waals surface area contributed by atoms with E-state index in [4.69, 9.17) is 9.47 Å². The summed E-state index contributed by atoms with van der Waals surface area (Å²) < 4.78 is 23.4. The average Bonchev–Trinajstić information content (AvgIpc) is 2.43. The zero-order valence-corrected chi connectivity index (χ0v) is 10.5. The molecule has 19 heavy (non-hydrogen) atoms. The molecule has 1 fully saturated rings. The highest BCUT2D eigenvalue weighted by Gasteiger charge is 2.13. The third-order valence-electron chi connectivity index (χ3n) is 2.67. The van der Waals surface area contributed by atoms with Crippen molar-refractivity contribution in [2.75, 3.05) is 38.2 Å². The van der Waals surface area contributed by atoms with Gasteiger partial charge in [0, 0.05) is 18.8 Å². The molecule has 104 valence electrons. The number of morpholine rings is 1. The molecule has 0 aromatic heterocycles. The molecule has 5 nitrogen and oxygen atoms in total. The van der Waals surface area contributed by atoms with Gasteiger partial charge >= 0.3 is 0 Å². The van der Waals surface area contributed by atoms with Gasteiger partial charge in [-0.2, -0.15) is 0 Å². The van der Waals surface area contributed by atoms with Crippen LogP contribution in [-0.2, 0) is 14.3 Å². The Bertz CT molecular complexity index is 405. The summed E-state index contributed by atoms with van der Waals surface area (Å²) >= 11 is 0. The number of carbonyl (C=O) groups is 1. The lowest BCUT2D eigenvalue weighted by atomic mass is 10.3. The normalized spacial score (nSPS) is 19.1. The fraction of sp³-hybridized carbons (Fsp3) is 0.462. The van der Waals surface area contributed by atoms with Gasteiger partial charge in [0.05, 0.1) is 19.3 Å². The lowest BCUT2D eigenvalue weighted by molar-refractivity contribution is -0.122. The van der Waals surface area contributed by atoms with E-state index in [2.05, 4.69) is 10.6 Å². The first kappa shape index (κ1) is 13.9. The highest BCUT2D eigenvalue weighted by Crippen LogP contribution is 2.07. The van der Waals surface area contributed by atoms with Crippen LogP contribution in [0, 0.1) is 5.82 Å². The standard InChI is InChI=1S/C13H17FN2O3/c14-10-1-3-11(4-2-10)16-13(17)9-18-8-12-7-15-5-6-19-12/h1-4,12,15H,5-9H2,(H,16,17). The third kappa shape index (κ3) is 4.94. The van der Waals surface area contributed by atoms with Crippen molar-refractivity contribution in [3.63, 3.8) is 0 Å². The first-order valence-corrected chi connectivity index (χ1v) is 6.19. The van der Waals surface area contributed by atoms with Gasteiger partial charge in [0.25, 0.3) is 0 Å². The van der Waals surface area contributed by atoms with E-state index in [-0.39, 0.29) is 24.4 Å². The average molecular weight is 268 g/mol. The Morgan fingerprint density at radius 1 is 1.47 bits per heavy atom. The molecule has 6 heteroatoms. The van der Waals surface area contributed by atoms with Crippen molar-refractivity contribution < 1.29 is 18.7 Å². The Hall–Kier alpha value is -1.50. The van der Waals surface area contributed by atoms with Crippen LogP contribution in [0.2, 0.25) is 0 Å². The Balaban J connectivity index is 1.65. The fourth-order valence-corrected chi connectivity index (χ4v) is 1.74. The maximum absolute atomic E-state index is 12.7. The number of hydrogen-bond acceptors (Lipinski definition) is 4. The van der Waals surface area contributed by atoms with E-state index in [1.54, 1.807) is 0 Å². The van der Waals surface area contributed by atoms with Crippen LogP contribution in [0.5, 0.6) is 0 Å². The zero-order chi connectivity index (χ0) is 13.5. The summed E-state index contributed by atoms with van der Waals surface area (Å²) in [4.78, 5) is 11.6. The number of rotatable bonds is 5. The minimum atomic E-state index is -0.337. The van der Waals surface area contributed by atoms with E-state index in [0.717, 1.165) is 13.1 Å². The van der Waals surface area contributed by atoms with E-state index >= 15 is 0 Å². The minimum Gasteiger partial charge on any atom is -0.373 e. The van der Waals surface area contributed by atoms with Crippen molar-refractivity contribution in [2.24, 2.45) is 0 Å². The molecule has 0 radical (unpaired) electrons. The van der Waals surface area contributed by atoms with Crippen LogP contribution in [0.4, 0.5) is 10.1 Å². The van der Waals surface area contributed by atoms with Crippen LogP contribution in [0.25, 0.3) is 0 Å². The quantitative estimate of drug-likeness (QED) is 0.828. The van der Waals surface area contributed by atoms with Crippen LogP contribution in [-0.4, -0.2) is 44.9 Å². The van der Waals surface area contributed by atoms with E-state index in [9.17, 15) is 9.18 Å². The molecule has 2 N–H and O–H groups in total. The van der Waals surface area contributed by atoms with Crippen molar-refractivity contribution in [1.82, 2.24) is 5.32 Å². The molecule has 1 aromatic rings. The summed E-state index contributed by atoms with van der Waals surface area (Å²) in [6.07, 6.45) is -0.00706. The predicted molar refractivity (Wildman–Crippen MR) is 68.5 cm³/mol. The second-order valence-corrected chi connectivity index (χ2v) is 4.27. The molecule has 1 amide bonds. The highest BCUT2D eigenvalue weighted by molar-refractivity contribution is 5.91. The SMILES string of the molecule is O=C(COCC1CNCCO1)Nc1ccc(F)cc1. The number of carbonyl (C=O) groups excluding carboxylic acids is 1. The lowest BCUT2D eigenvalue weighted by Crippen LogP contribution is -2.41. The number of halogens is 1. The lowest BCUT2D eigenvalue weighted by Gasteiger charge is -2.23. The molecule has 1 heterocycles. The summed E-state index contributed by atoms with van der Waals surface area (Å²) in [6, 6.07) is 5.58. The number of amides is 1. The minimum absolute atomic E-state index is 0.00706. The van der Waals surface area contributed by atoms with Crippen LogP contribution >= 0.6 is 0 Å². The van der Waals surface area contributed by atoms with Gasteiger partial charge in [-0.05, 0) is 24.3 Å². The molecule has 1 aliphatic rings. The van der Waals surface area contributed by atoms with Gasteiger partial charge in [-0.25, -0.2) is 4.39 Å². The van der Waals surface area contributed by atoms with Crippen LogP contribution < -0.4 is 10.6 Å². The first-order chi connectivity index (χ1) is 9.24. The number of benzene rings is 1. The number of anilines is 1. The molecule has 0 spiro atoms. The zero-order valence-electron chi connectivity index (χ0n) is 10.5. The van der Waals surface area contributed by atoms with Gasteiger partial charge in [-0.15, -0.1) is 0 Å². The second kappa shape index (κ2) is 7.18. The molecule has 1 saturated heterocycles. The van der Waals surface area contributed by atoms with Crippen LogP contribution in [0.1, 0.15) is 0 Å². The number of nitrogens with one attached hydrogen (secondary N) is 2. The molecule has 1 aliphatic heterocycles. The van der Waals surface area contributed by atoms with Crippen LogP contribution in [0.3, 0.4) is 0 Å². The van der Waals surface area contributed by atoms with Gasteiger partial charge in [-0.1, -0.05) is 0 Å². The fourth-order valence-electron chi connectivity index (χ4n) is 1.74. The van der Waals surface area contributed by atoms with Crippen molar-refractivity contribution in [3.05, 3.63) is 30.1 Å². The summed E-state index contributed by atoms with van der Waals surface area (Å²) in [5.74, 6) is -0.605. The highest BCUT2D eigenvalue weighted by atomic mass is 19.1. The monoisotopic (exact) mass is 268 g/mol. The van der Waals surface area contributed by atoms with E-state index in [1.165, 1.54) is 24.3 Å². The summed E-state index contributed by atoms with van der Waals surface area (Å²) in [5.41, 5.74) is 0.547. The summed E-state index contributed by atoms with van der Waals surface area (Å²) in [6.45, 7) is 2.58. The molecule has 1 atom stereocenters. The molecule has 2 rings (SSSR count). The van der Waals surface area contributed by atoms with Gasteiger partial charge in [0.1, 0.15) is 12.4 Å². The molecular weight excluding hydrogens is 251 g/mol. The van der Waals surface area contributed by atoms with Crippen molar-refractivity contribution in [3.8, 4) is 0 Å². The van der Waals surface area contributed by atoms with E-state index < -0.39 is 0 Å². The van der Waals surface area contributed by atoms with E-state index in [1.807, 2.05) is 0 Å². The molecule has 1 unspecified atom stereocenters. The smallest absolute Gasteiger partial charge is 0.250 e. The first-order valence-electron chi connectivity index (χ1n) is 6.19. The topological polar surface area (TPSA) is 59.6 Å². The molecule has 0 bridgehead atoms.